The third-order valence-corrected chi connectivity index (χ3v) is 2.78. The highest BCUT2D eigenvalue weighted by Crippen LogP contribution is 2.02. The molecule has 0 saturated heterocycles. The lowest BCUT2D eigenvalue weighted by Crippen LogP contribution is -2.33. The fraction of sp³-hybridized carbons (Fsp3) is 0.412. The zero-order chi connectivity index (χ0) is 15.5. The van der Waals surface area contributed by atoms with Gasteiger partial charge in [-0.15, -0.1) is 0 Å². The van der Waals surface area contributed by atoms with Crippen molar-refractivity contribution >= 4 is 11.8 Å². The maximum absolute atomic E-state index is 11.5. The van der Waals surface area contributed by atoms with Crippen LogP contribution < -0.4 is 10.6 Å². The lowest BCUT2D eigenvalue weighted by molar-refractivity contribution is -0.122. The van der Waals surface area contributed by atoms with Crippen molar-refractivity contribution in [3.05, 3.63) is 35.4 Å². The van der Waals surface area contributed by atoms with E-state index in [9.17, 15) is 9.59 Å². The van der Waals surface area contributed by atoms with E-state index in [4.69, 9.17) is 0 Å². The molecule has 0 heterocycles. The summed E-state index contributed by atoms with van der Waals surface area (Å²) in [6, 6.07) is 8.05. The zero-order valence-corrected chi connectivity index (χ0v) is 12.7. The summed E-state index contributed by atoms with van der Waals surface area (Å²) in [5.41, 5.74) is 2.20. The molecule has 1 aromatic rings. The summed E-state index contributed by atoms with van der Waals surface area (Å²) < 4.78 is 0. The molecule has 0 fully saturated rings. The first-order valence-electron chi connectivity index (χ1n) is 7.14. The molecule has 0 aliphatic carbocycles. The van der Waals surface area contributed by atoms with E-state index in [-0.39, 0.29) is 11.8 Å². The van der Waals surface area contributed by atoms with Crippen molar-refractivity contribution in [2.75, 3.05) is 13.1 Å². The van der Waals surface area contributed by atoms with E-state index in [0.717, 1.165) is 12.0 Å². The molecule has 2 amide bonds. The first-order chi connectivity index (χ1) is 10.1. The predicted molar refractivity (Wildman–Crippen MR) is 83.6 cm³/mol. The van der Waals surface area contributed by atoms with E-state index in [1.165, 1.54) is 12.5 Å². The molecule has 0 unspecified atom stereocenters. The second-order valence-electron chi connectivity index (χ2n) is 4.86. The van der Waals surface area contributed by atoms with E-state index < -0.39 is 0 Å². The fourth-order valence-electron chi connectivity index (χ4n) is 1.75. The molecule has 0 radical (unpaired) electrons. The maximum Gasteiger partial charge on any atom is 0.220 e. The average Bonchev–Trinajstić information content (AvgIpc) is 2.43. The van der Waals surface area contributed by atoms with E-state index in [0.29, 0.717) is 25.9 Å². The zero-order valence-electron chi connectivity index (χ0n) is 12.7. The van der Waals surface area contributed by atoms with Gasteiger partial charge in [-0.05, 0) is 31.0 Å². The summed E-state index contributed by atoms with van der Waals surface area (Å²) in [5, 5.41) is 5.38. The van der Waals surface area contributed by atoms with Crippen LogP contribution in [0.1, 0.15) is 37.3 Å². The molecule has 4 heteroatoms. The Morgan fingerprint density at radius 3 is 2.67 bits per heavy atom. The second-order valence-corrected chi connectivity index (χ2v) is 4.86. The molecule has 21 heavy (non-hydrogen) atoms. The number of carbonyl (C=O) groups is 2. The average molecular weight is 286 g/mol. The number of nitrogens with one attached hydrogen (secondary N) is 2. The minimum Gasteiger partial charge on any atom is -0.355 e. The molecule has 0 aliphatic heterocycles. The summed E-state index contributed by atoms with van der Waals surface area (Å²) >= 11 is 0. The van der Waals surface area contributed by atoms with Crippen LogP contribution in [0.25, 0.3) is 0 Å². The molecule has 1 rings (SSSR count). The highest BCUT2D eigenvalue weighted by atomic mass is 16.2. The molecular formula is C17H22N2O2. The van der Waals surface area contributed by atoms with E-state index in [1.54, 1.807) is 0 Å². The molecule has 1 aromatic carbocycles. The van der Waals surface area contributed by atoms with Crippen molar-refractivity contribution in [3.63, 3.8) is 0 Å². The summed E-state index contributed by atoms with van der Waals surface area (Å²) in [5.74, 6) is 6.08. The third-order valence-electron chi connectivity index (χ3n) is 2.78. The summed E-state index contributed by atoms with van der Waals surface area (Å²) in [6.07, 6.45) is 1.90. The van der Waals surface area contributed by atoms with Gasteiger partial charge in [-0.3, -0.25) is 9.59 Å². The number of unbranched alkanes of at least 4 members (excludes halogenated alkanes) is 1. The molecule has 2 N–H and O–H groups in total. The van der Waals surface area contributed by atoms with Crippen molar-refractivity contribution < 1.29 is 9.59 Å². The van der Waals surface area contributed by atoms with Gasteiger partial charge in [0.1, 0.15) is 0 Å². The first kappa shape index (κ1) is 16.8. The van der Waals surface area contributed by atoms with Gasteiger partial charge in [0.15, 0.2) is 0 Å². The van der Waals surface area contributed by atoms with E-state index >= 15 is 0 Å². The molecule has 0 spiro atoms. The van der Waals surface area contributed by atoms with Crippen molar-refractivity contribution in [2.45, 2.75) is 33.1 Å². The number of rotatable bonds is 6. The van der Waals surface area contributed by atoms with Gasteiger partial charge in [0, 0.05) is 38.4 Å². The van der Waals surface area contributed by atoms with Crippen LogP contribution in [-0.2, 0) is 9.59 Å². The van der Waals surface area contributed by atoms with Crippen molar-refractivity contribution in [3.8, 4) is 11.8 Å². The third kappa shape index (κ3) is 8.48. The highest BCUT2D eigenvalue weighted by molar-refractivity contribution is 5.76. The first-order valence-corrected chi connectivity index (χ1v) is 7.14. The number of hydrogen-bond acceptors (Lipinski definition) is 2. The Labute approximate surface area is 126 Å². The normalized spacial score (nSPS) is 9.43. The second kappa shape index (κ2) is 9.60. The number of carbonyl (C=O) groups excluding carboxylic acids is 2. The van der Waals surface area contributed by atoms with Crippen LogP contribution in [0.4, 0.5) is 0 Å². The molecule has 0 atom stereocenters. The standard InChI is InChI=1S/C17H22N2O2/c1-14-7-6-9-16(13-14)8-4-3-5-10-17(21)19-12-11-18-15(2)20/h6-7,9,13H,3,5,10-12H2,1-2H3,(H,18,20)(H,19,21). The van der Waals surface area contributed by atoms with Crippen LogP contribution >= 0.6 is 0 Å². The van der Waals surface area contributed by atoms with E-state index in [2.05, 4.69) is 22.5 Å². The molecule has 4 nitrogen and oxygen atoms in total. The van der Waals surface area contributed by atoms with Crippen molar-refractivity contribution in [2.24, 2.45) is 0 Å². The van der Waals surface area contributed by atoms with Crippen LogP contribution in [0, 0.1) is 18.8 Å². The molecule has 0 aliphatic rings. The van der Waals surface area contributed by atoms with Gasteiger partial charge in [0.25, 0.3) is 0 Å². The number of benzene rings is 1. The molecular weight excluding hydrogens is 264 g/mol. The van der Waals surface area contributed by atoms with Crippen LogP contribution in [-0.4, -0.2) is 24.9 Å². The van der Waals surface area contributed by atoms with Gasteiger partial charge in [-0.25, -0.2) is 0 Å². The van der Waals surface area contributed by atoms with Gasteiger partial charge in [0.05, 0.1) is 0 Å². The SMILES string of the molecule is CC(=O)NCCNC(=O)CCCC#Cc1cccc(C)c1. The number of hydrogen-bond donors (Lipinski definition) is 2. The highest BCUT2D eigenvalue weighted by Gasteiger charge is 1.99. The van der Waals surface area contributed by atoms with Gasteiger partial charge < -0.3 is 10.6 Å². The monoisotopic (exact) mass is 286 g/mol. The smallest absolute Gasteiger partial charge is 0.220 e. The van der Waals surface area contributed by atoms with Crippen molar-refractivity contribution in [1.82, 2.24) is 10.6 Å². The van der Waals surface area contributed by atoms with E-state index in [1.807, 2.05) is 31.2 Å². The van der Waals surface area contributed by atoms with Crippen LogP contribution in [0.15, 0.2) is 24.3 Å². The van der Waals surface area contributed by atoms with Crippen LogP contribution in [0.5, 0.6) is 0 Å². The maximum atomic E-state index is 11.5. The Balaban J connectivity index is 2.14. The summed E-state index contributed by atoms with van der Waals surface area (Å²) in [4.78, 5) is 22.1. The predicted octanol–water partition coefficient (Wildman–Crippen LogP) is 1.77. The Kier molecular flexibility index (Phi) is 7.67. The van der Waals surface area contributed by atoms with Gasteiger partial charge in [-0.1, -0.05) is 24.0 Å². The van der Waals surface area contributed by atoms with Gasteiger partial charge in [0.2, 0.25) is 11.8 Å². The lowest BCUT2D eigenvalue weighted by atomic mass is 10.1. The Morgan fingerprint density at radius 2 is 1.95 bits per heavy atom. The number of aryl methyl sites for hydroxylation is 1. The fourth-order valence-corrected chi connectivity index (χ4v) is 1.75. The lowest BCUT2D eigenvalue weighted by Gasteiger charge is -2.04. The Bertz CT molecular complexity index is 541. The topological polar surface area (TPSA) is 58.2 Å². The Morgan fingerprint density at radius 1 is 1.19 bits per heavy atom. The number of amides is 2. The van der Waals surface area contributed by atoms with Crippen molar-refractivity contribution in [1.29, 1.82) is 0 Å². The largest absolute Gasteiger partial charge is 0.355 e. The van der Waals surface area contributed by atoms with Crippen LogP contribution in [0.3, 0.4) is 0 Å². The minimum absolute atomic E-state index is 0.00212. The van der Waals surface area contributed by atoms with Gasteiger partial charge >= 0.3 is 0 Å². The summed E-state index contributed by atoms with van der Waals surface area (Å²) in [7, 11) is 0. The molecule has 0 aromatic heterocycles. The minimum atomic E-state index is -0.0873. The van der Waals surface area contributed by atoms with Crippen LogP contribution in [0.2, 0.25) is 0 Å². The molecule has 0 saturated carbocycles. The summed E-state index contributed by atoms with van der Waals surface area (Å²) in [6.45, 7) is 4.42. The molecule has 112 valence electrons. The Hall–Kier alpha value is -2.28. The quantitative estimate of drug-likeness (QED) is 0.618. The molecule has 0 bridgehead atoms. The van der Waals surface area contributed by atoms with Gasteiger partial charge in [-0.2, -0.15) is 0 Å².